The molecule has 2 rings (SSSR count). The van der Waals surface area contributed by atoms with E-state index in [2.05, 4.69) is 12.2 Å². The number of nitrogen functional groups attached to an aromatic ring is 1. The monoisotopic (exact) mass is 288 g/mol. The van der Waals surface area contributed by atoms with Gasteiger partial charge in [0.25, 0.3) is 5.91 Å². The number of para-hydroxylation sites is 1. The molecule has 0 heterocycles. The summed E-state index contributed by atoms with van der Waals surface area (Å²) < 4.78 is 0. The minimum atomic E-state index is -0.274. The number of carbonyl (C=O) groups excluding carboxylic acids is 1. The maximum Gasteiger partial charge on any atom is 0.255 e. The molecule has 0 saturated carbocycles. The van der Waals surface area contributed by atoms with Crippen molar-refractivity contribution in [1.29, 1.82) is 0 Å². The van der Waals surface area contributed by atoms with Crippen molar-refractivity contribution >= 4 is 29.0 Å². The van der Waals surface area contributed by atoms with Crippen LogP contribution in [0.2, 0.25) is 0 Å². The van der Waals surface area contributed by atoms with Crippen LogP contribution in [0.3, 0.4) is 0 Å². The lowest BCUT2D eigenvalue weighted by Crippen LogP contribution is -2.12. The maximum atomic E-state index is 12.2. The van der Waals surface area contributed by atoms with Gasteiger partial charge in [0.05, 0.1) is 11.4 Å². The third kappa shape index (κ3) is 3.24. The summed E-state index contributed by atoms with van der Waals surface area (Å²) >= 11 is 1.66. The molecule has 0 fully saturated rings. The zero-order valence-corrected chi connectivity index (χ0v) is 11.9. The van der Waals surface area contributed by atoms with Crippen LogP contribution in [0, 0.1) is 0 Å². The van der Waals surface area contributed by atoms with Gasteiger partial charge >= 0.3 is 0 Å². The average Bonchev–Trinajstić information content (AvgIpc) is 2.44. The Hall–Kier alpha value is -2.14. The van der Waals surface area contributed by atoms with E-state index in [1.165, 1.54) is 12.1 Å². The first-order chi connectivity index (χ1) is 9.61. The Morgan fingerprint density at radius 3 is 2.75 bits per heavy atom. The zero-order chi connectivity index (χ0) is 14.5. The molecule has 0 unspecified atom stereocenters. The molecule has 0 saturated heterocycles. The Labute approximate surface area is 122 Å². The second-order valence-corrected chi connectivity index (χ2v) is 5.46. The number of hydrogen-bond donors (Lipinski definition) is 3. The fourth-order valence-corrected chi connectivity index (χ4v) is 2.49. The first-order valence-electron chi connectivity index (χ1n) is 6.23. The molecule has 2 aromatic rings. The van der Waals surface area contributed by atoms with E-state index in [1.54, 1.807) is 17.8 Å². The molecule has 104 valence electrons. The van der Waals surface area contributed by atoms with Gasteiger partial charge in [0.2, 0.25) is 0 Å². The van der Waals surface area contributed by atoms with Crippen LogP contribution in [0.1, 0.15) is 17.3 Å². The highest BCUT2D eigenvalue weighted by atomic mass is 32.2. The zero-order valence-electron chi connectivity index (χ0n) is 11.1. The van der Waals surface area contributed by atoms with Crippen LogP contribution in [0.5, 0.6) is 5.75 Å². The van der Waals surface area contributed by atoms with E-state index in [0.29, 0.717) is 5.56 Å². The molecular weight excluding hydrogens is 272 g/mol. The SMILES string of the molecule is CCSc1ccccc1NC(=O)c1ccc(N)c(O)c1. The summed E-state index contributed by atoms with van der Waals surface area (Å²) in [4.78, 5) is 13.2. The molecule has 0 bridgehead atoms. The molecule has 0 aliphatic heterocycles. The fraction of sp³-hybridized carbons (Fsp3) is 0.133. The van der Waals surface area contributed by atoms with E-state index in [-0.39, 0.29) is 17.3 Å². The highest BCUT2D eigenvalue weighted by Gasteiger charge is 2.10. The normalized spacial score (nSPS) is 10.2. The minimum Gasteiger partial charge on any atom is -0.506 e. The number of phenolic OH excluding ortho intramolecular Hbond substituents is 1. The molecule has 4 N–H and O–H groups in total. The lowest BCUT2D eigenvalue weighted by Gasteiger charge is -2.10. The topological polar surface area (TPSA) is 75.4 Å². The smallest absolute Gasteiger partial charge is 0.255 e. The minimum absolute atomic E-state index is 0.0890. The molecule has 4 nitrogen and oxygen atoms in total. The van der Waals surface area contributed by atoms with Gasteiger partial charge in [-0.2, -0.15) is 0 Å². The van der Waals surface area contributed by atoms with Crippen molar-refractivity contribution in [2.75, 3.05) is 16.8 Å². The van der Waals surface area contributed by atoms with Gasteiger partial charge in [-0.1, -0.05) is 19.1 Å². The highest BCUT2D eigenvalue weighted by Crippen LogP contribution is 2.27. The fourth-order valence-electron chi connectivity index (χ4n) is 1.73. The highest BCUT2D eigenvalue weighted by molar-refractivity contribution is 7.99. The van der Waals surface area contributed by atoms with Gasteiger partial charge in [-0.05, 0) is 36.1 Å². The average molecular weight is 288 g/mol. The Morgan fingerprint density at radius 1 is 1.30 bits per heavy atom. The van der Waals surface area contributed by atoms with Crippen molar-refractivity contribution in [3.63, 3.8) is 0 Å². The van der Waals surface area contributed by atoms with Crippen molar-refractivity contribution < 1.29 is 9.90 Å². The molecule has 20 heavy (non-hydrogen) atoms. The quantitative estimate of drug-likeness (QED) is 0.458. The predicted molar refractivity (Wildman–Crippen MR) is 83.3 cm³/mol. The first kappa shape index (κ1) is 14.3. The number of rotatable bonds is 4. The molecule has 0 radical (unpaired) electrons. The van der Waals surface area contributed by atoms with Crippen LogP contribution in [-0.2, 0) is 0 Å². The van der Waals surface area contributed by atoms with Crippen molar-refractivity contribution in [2.45, 2.75) is 11.8 Å². The van der Waals surface area contributed by atoms with Gasteiger partial charge in [-0.25, -0.2) is 0 Å². The molecule has 0 aliphatic carbocycles. The van der Waals surface area contributed by atoms with E-state index in [0.717, 1.165) is 16.3 Å². The summed E-state index contributed by atoms with van der Waals surface area (Å²) in [6, 6.07) is 12.1. The van der Waals surface area contributed by atoms with Gasteiger partial charge in [-0.3, -0.25) is 4.79 Å². The third-order valence-corrected chi connectivity index (χ3v) is 3.68. The molecule has 0 aromatic heterocycles. The maximum absolute atomic E-state index is 12.2. The third-order valence-electron chi connectivity index (χ3n) is 2.73. The number of thioether (sulfide) groups is 1. The lowest BCUT2D eigenvalue weighted by molar-refractivity contribution is 0.102. The van der Waals surface area contributed by atoms with Gasteiger partial charge in [-0.15, -0.1) is 11.8 Å². The standard InChI is InChI=1S/C15H16N2O2S/c1-2-20-14-6-4-3-5-12(14)17-15(19)10-7-8-11(16)13(18)9-10/h3-9,18H,2,16H2,1H3,(H,17,19). The van der Waals surface area contributed by atoms with Crippen molar-refractivity contribution in [1.82, 2.24) is 0 Å². The molecular formula is C15H16N2O2S. The van der Waals surface area contributed by atoms with Crippen molar-refractivity contribution in [3.05, 3.63) is 48.0 Å². The second kappa shape index (κ2) is 6.34. The van der Waals surface area contributed by atoms with E-state index in [1.807, 2.05) is 24.3 Å². The summed E-state index contributed by atoms with van der Waals surface area (Å²) in [7, 11) is 0. The van der Waals surface area contributed by atoms with Crippen molar-refractivity contribution in [3.8, 4) is 5.75 Å². The Kier molecular flexibility index (Phi) is 4.53. The van der Waals surface area contributed by atoms with E-state index in [9.17, 15) is 9.90 Å². The molecule has 0 spiro atoms. The van der Waals surface area contributed by atoms with Crippen LogP contribution in [0.4, 0.5) is 11.4 Å². The van der Waals surface area contributed by atoms with Crippen LogP contribution in [0.25, 0.3) is 0 Å². The summed E-state index contributed by atoms with van der Waals surface area (Å²) in [5, 5.41) is 12.4. The number of nitrogens with one attached hydrogen (secondary N) is 1. The lowest BCUT2D eigenvalue weighted by atomic mass is 10.1. The summed E-state index contributed by atoms with van der Waals surface area (Å²) in [6.45, 7) is 2.06. The number of phenols is 1. The first-order valence-corrected chi connectivity index (χ1v) is 7.22. The number of benzene rings is 2. The molecule has 0 atom stereocenters. The van der Waals surface area contributed by atoms with Gasteiger partial charge in [0.1, 0.15) is 5.75 Å². The Bertz CT molecular complexity index is 629. The van der Waals surface area contributed by atoms with E-state index in [4.69, 9.17) is 5.73 Å². The summed E-state index contributed by atoms with van der Waals surface area (Å²) in [5.74, 6) is 0.563. The van der Waals surface area contributed by atoms with Crippen molar-refractivity contribution in [2.24, 2.45) is 0 Å². The van der Waals surface area contributed by atoms with E-state index < -0.39 is 0 Å². The number of anilines is 2. The number of amides is 1. The van der Waals surface area contributed by atoms with Crippen LogP contribution < -0.4 is 11.1 Å². The number of carbonyl (C=O) groups is 1. The molecule has 2 aromatic carbocycles. The second-order valence-electron chi connectivity index (χ2n) is 4.16. The molecule has 1 amide bonds. The van der Waals surface area contributed by atoms with Gasteiger partial charge in [0.15, 0.2) is 0 Å². The number of nitrogens with two attached hydrogens (primary N) is 1. The number of hydrogen-bond acceptors (Lipinski definition) is 4. The summed E-state index contributed by atoms with van der Waals surface area (Å²) in [6.07, 6.45) is 0. The van der Waals surface area contributed by atoms with Crippen LogP contribution in [0.15, 0.2) is 47.4 Å². The molecule has 5 heteroatoms. The largest absolute Gasteiger partial charge is 0.506 e. The molecule has 0 aliphatic rings. The van der Waals surface area contributed by atoms with Gasteiger partial charge in [0, 0.05) is 10.5 Å². The Balaban J connectivity index is 2.21. The Morgan fingerprint density at radius 2 is 2.05 bits per heavy atom. The van der Waals surface area contributed by atoms with E-state index >= 15 is 0 Å². The summed E-state index contributed by atoms with van der Waals surface area (Å²) in [5.41, 5.74) is 6.91. The van der Waals surface area contributed by atoms with Gasteiger partial charge < -0.3 is 16.2 Å². The van der Waals surface area contributed by atoms with Crippen LogP contribution >= 0.6 is 11.8 Å². The van der Waals surface area contributed by atoms with Crippen LogP contribution in [-0.4, -0.2) is 16.8 Å². The predicted octanol–water partition coefficient (Wildman–Crippen LogP) is 3.34. The number of aromatic hydroxyl groups is 1.